The fraction of sp³-hybridized carbons (Fsp3) is 0.312. The lowest BCUT2D eigenvalue weighted by molar-refractivity contribution is 0.329. The largest absolute Gasteiger partial charge is 0.356 e. The van der Waals surface area contributed by atoms with Crippen LogP contribution in [0, 0.1) is 0 Å². The summed E-state index contributed by atoms with van der Waals surface area (Å²) >= 11 is 5.93. The van der Waals surface area contributed by atoms with Crippen LogP contribution >= 0.6 is 11.6 Å². The Morgan fingerprint density at radius 2 is 1.92 bits per heavy atom. The number of anilines is 1. The number of aromatic nitrogens is 5. The van der Waals surface area contributed by atoms with Gasteiger partial charge >= 0.3 is 0 Å². The minimum Gasteiger partial charge on any atom is -0.356 e. The van der Waals surface area contributed by atoms with Crippen molar-refractivity contribution in [2.24, 2.45) is 0 Å². The summed E-state index contributed by atoms with van der Waals surface area (Å²) in [6.45, 7) is 1.73. The Bertz CT molecular complexity index is 816. The molecule has 0 bridgehead atoms. The third-order valence-electron chi connectivity index (χ3n) is 4.17. The smallest absolute Gasteiger partial charge is 0.230 e. The molecule has 122 valence electrons. The van der Waals surface area contributed by atoms with Crippen LogP contribution in [0.15, 0.2) is 41.4 Å². The summed E-state index contributed by atoms with van der Waals surface area (Å²) < 4.78 is 5.47. The number of rotatable bonds is 3. The van der Waals surface area contributed by atoms with Crippen LogP contribution in [-0.2, 0) is 0 Å². The molecule has 7 nitrogen and oxygen atoms in total. The first-order valence-corrected chi connectivity index (χ1v) is 8.14. The summed E-state index contributed by atoms with van der Waals surface area (Å²) in [5.74, 6) is 2.43. The Morgan fingerprint density at radius 3 is 2.67 bits per heavy atom. The fourth-order valence-corrected chi connectivity index (χ4v) is 3.01. The Morgan fingerprint density at radius 1 is 1.12 bits per heavy atom. The molecular formula is C16H15ClN6O. The molecule has 4 rings (SSSR count). The maximum absolute atomic E-state index is 5.93. The summed E-state index contributed by atoms with van der Waals surface area (Å²) in [4.78, 5) is 18.9. The van der Waals surface area contributed by atoms with Crippen LogP contribution in [0.3, 0.4) is 0 Å². The highest BCUT2D eigenvalue weighted by Gasteiger charge is 2.26. The zero-order valence-corrected chi connectivity index (χ0v) is 13.6. The lowest BCUT2D eigenvalue weighted by Crippen LogP contribution is -2.33. The summed E-state index contributed by atoms with van der Waals surface area (Å²) in [6, 6.07) is 5.53. The molecule has 0 N–H and O–H groups in total. The molecule has 1 aliphatic rings. The van der Waals surface area contributed by atoms with E-state index in [0.717, 1.165) is 37.3 Å². The second-order valence-electron chi connectivity index (χ2n) is 5.65. The first-order valence-electron chi connectivity index (χ1n) is 7.76. The summed E-state index contributed by atoms with van der Waals surface area (Å²) in [6.07, 6.45) is 6.79. The van der Waals surface area contributed by atoms with Gasteiger partial charge in [-0.15, -0.1) is 0 Å². The summed E-state index contributed by atoms with van der Waals surface area (Å²) in [7, 11) is 0. The first-order chi connectivity index (χ1) is 11.8. The van der Waals surface area contributed by atoms with Gasteiger partial charge in [-0.25, -0.2) is 9.97 Å². The van der Waals surface area contributed by atoms with Crippen LogP contribution in [-0.4, -0.2) is 38.2 Å². The van der Waals surface area contributed by atoms with Gasteiger partial charge in [-0.1, -0.05) is 16.8 Å². The molecule has 24 heavy (non-hydrogen) atoms. The van der Waals surface area contributed by atoms with Crippen molar-refractivity contribution in [3.05, 3.63) is 48.0 Å². The molecule has 0 saturated carbocycles. The minimum absolute atomic E-state index is 0.265. The third-order valence-corrected chi connectivity index (χ3v) is 4.37. The summed E-state index contributed by atoms with van der Waals surface area (Å²) in [5, 5.41) is 4.54. The number of hydrogen-bond acceptors (Lipinski definition) is 7. The molecule has 0 aliphatic carbocycles. The molecule has 0 spiro atoms. The van der Waals surface area contributed by atoms with Crippen LogP contribution in [0.5, 0.6) is 0 Å². The van der Waals surface area contributed by atoms with Crippen molar-refractivity contribution >= 4 is 17.4 Å². The van der Waals surface area contributed by atoms with Gasteiger partial charge in [-0.2, -0.15) is 4.98 Å². The molecule has 3 aromatic rings. The van der Waals surface area contributed by atoms with Crippen molar-refractivity contribution in [1.29, 1.82) is 0 Å². The van der Waals surface area contributed by atoms with E-state index in [2.05, 4.69) is 30.0 Å². The lowest BCUT2D eigenvalue weighted by atomic mass is 9.97. The Labute approximate surface area is 143 Å². The Kier molecular flexibility index (Phi) is 4.08. The van der Waals surface area contributed by atoms with Gasteiger partial charge in [0, 0.05) is 43.0 Å². The van der Waals surface area contributed by atoms with E-state index in [4.69, 9.17) is 16.1 Å². The van der Waals surface area contributed by atoms with Crippen molar-refractivity contribution in [3.8, 4) is 11.4 Å². The molecule has 0 amide bonds. The third kappa shape index (κ3) is 3.07. The van der Waals surface area contributed by atoms with Crippen molar-refractivity contribution in [3.63, 3.8) is 0 Å². The lowest BCUT2D eigenvalue weighted by Gasteiger charge is -2.31. The Hall–Kier alpha value is -2.54. The minimum atomic E-state index is 0.265. The fourth-order valence-electron chi connectivity index (χ4n) is 2.87. The second-order valence-corrected chi connectivity index (χ2v) is 6.04. The highest BCUT2D eigenvalue weighted by molar-refractivity contribution is 6.29. The van der Waals surface area contributed by atoms with Crippen molar-refractivity contribution in [2.45, 2.75) is 18.8 Å². The number of piperidine rings is 1. The van der Waals surface area contributed by atoms with E-state index in [-0.39, 0.29) is 5.92 Å². The molecule has 3 aromatic heterocycles. The summed E-state index contributed by atoms with van der Waals surface area (Å²) in [5.41, 5.74) is 0.910. The topological polar surface area (TPSA) is 80.8 Å². The standard InChI is InChI=1S/C16H15ClN6O/c17-13-9-14(20-10-19-13)23-7-3-12(4-8-23)16-21-15(22-24-16)11-1-5-18-6-2-11/h1-2,5-6,9-10,12H,3-4,7-8H2. The number of hydrogen-bond donors (Lipinski definition) is 0. The molecule has 0 atom stereocenters. The van der Waals surface area contributed by atoms with Crippen LogP contribution in [0.25, 0.3) is 11.4 Å². The van der Waals surface area contributed by atoms with E-state index in [1.54, 1.807) is 18.5 Å². The number of halogens is 1. The van der Waals surface area contributed by atoms with Crippen molar-refractivity contribution in [2.75, 3.05) is 18.0 Å². The van der Waals surface area contributed by atoms with Crippen molar-refractivity contribution in [1.82, 2.24) is 25.1 Å². The highest BCUT2D eigenvalue weighted by atomic mass is 35.5. The van der Waals surface area contributed by atoms with Gasteiger partial charge < -0.3 is 9.42 Å². The SMILES string of the molecule is Clc1cc(N2CCC(c3nc(-c4ccncc4)no3)CC2)ncn1. The van der Waals surface area contributed by atoms with E-state index >= 15 is 0 Å². The molecule has 4 heterocycles. The quantitative estimate of drug-likeness (QED) is 0.677. The molecule has 1 saturated heterocycles. The van der Waals surface area contributed by atoms with Crippen molar-refractivity contribution < 1.29 is 4.52 Å². The van der Waals surface area contributed by atoms with Gasteiger partial charge in [0.1, 0.15) is 17.3 Å². The monoisotopic (exact) mass is 342 g/mol. The van der Waals surface area contributed by atoms with E-state index in [1.165, 1.54) is 6.33 Å². The van der Waals surface area contributed by atoms with E-state index < -0.39 is 0 Å². The average Bonchev–Trinajstić information content (AvgIpc) is 3.13. The number of nitrogens with zero attached hydrogens (tertiary/aromatic N) is 6. The van der Waals surface area contributed by atoms with Crippen LogP contribution < -0.4 is 4.90 Å². The van der Waals surface area contributed by atoms with Gasteiger partial charge in [0.25, 0.3) is 0 Å². The van der Waals surface area contributed by atoms with Gasteiger partial charge in [0.05, 0.1) is 0 Å². The first kappa shape index (κ1) is 15.0. The van der Waals surface area contributed by atoms with Gasteiger partial charge in [0.15, 0.2) is 0 Å². The van der Waals surface area contributed by atoms with Crippen LogP contribution in [0.2, 0.25) is 5.15 Å². The zero-order chi connectivity index (χ0) is 16.4. The number of pyridine rings is 1. The normalized spacial score (nSPS) is 15.6. The molecule has 8 heteroatoms. The molecule has 0 aromatic carbocycles. The average molecular weight is 343 g/mol. The van der Waals surface area contributed by atoms with Crippen LogP contribution in [0.1, 0.15) is 24.7 Å². The van der Waals surface area contributed by atoms with Gasteiger partial charge in [0.2, 0.25) is 11.7 Å². The second kappa shape index (κ2) is 6.52. The molecule has 1 fully saturated rings. The molecule has 0 radical (unpaired) electrons. The predicted octanol–water partition coefficient (Wildman–Crippen LogP) is 2.96. The highest BCUT2D eigenvalue weighted by Crippen LogP contribution is 2.30. The van der Waals surface area contributed by atoms with Gasteiger partial charge in [-0.05, 0) is 25.0 Å². The molecule has 0 unspecified atom stereocenters. The maximum atomic E-state index is 5.93. The molecule has 1 aliphatic heterocycles. The van der Waals surface area contributed by atoms with E-state index in [1.807, 2.05) is 12.1 Å². The molecular weight excluding hydrogens is 328 g/mol. The van der Waals surface area contributed by atoms with E-state index in [9.17, 15) is 0 Å². The van der Waals surface area contributed by atoms with E-state index in [0.29, 0.717) is 16.9 Å². The maximum Gasteiger partial charge on any atom is 0.230 e. The zero-order valence-electron chi connectivity index (χ0n) is 12.8. The predicted molar refractivity (Wildman–Crippen MR) is 88.8 cm³/mol. The van der Waals surface area contributed by atoms with Crippen LogP contribution in [0.4, 0.5) is 5.82 Å². The Balaban J connectivity index is 1.44. The van der Waals surface area contributed by atoms with Gasteiger partial charge in [-0.3, -0.25) is 4.98 Å².